The Bertz CT molecular complexity index is 779. The second-order valence-corrected chi connectivity index (χ2v) is 5.33. The SMILES string of the molecule is COC(=O)c1ccc(NCC(=O)Nc2ccc(OC(F)F)cc2)c(C)c1. The molecule has 0 atom stereocenters. The molecule has 0 saturated carbocycles. The van der Waals surface area contributed by atoms with Crippen LogP contribution in [-0.2, 0) is 9.53 Å². The van der Waals surface area contributed by atoms with Crippen molar-refractivity contribution in [1.82, 2.24) is 0 Å². The lowest BCUT2D eigenvalue weighted by molar-refractivity contribution is -0.114. The van der Waals surface area contributed by atoms with Crippen LogP contribution in [0.2, 0.25) is 0 Å². The minimum atomic E-state index is -2.89. The first-order valence-corrected chi connectivity index (χ1v) is 7.66. The van der Waals surface area contributed by atoms with Crippen molar-refractivity contribution < 1.29 is 27.8 Å². The molecule has 26 heavy (non-hydrogen) atoms. The molecule has 0 saturated heterocycles. The number of benzene rings is 2. The zero-order valence-corrected chi connectivity index (χ0v) is 14.2. The summed E-state index contributed by atoms with van der Waals surface area (Å²) >= 11 is 0. The van der Waals surface area contributed by atoms with E-state index in [4.69, 9.17) is 0 Å². The molecule has 2 rings (SSSR count). The molecule has 0 fully saturated rings. The van der Waals surface area contributed by atoms with Crippen LogP contribution < -0.4 is 15.4 Å². The third kappa shape index (κ3) is 5.44. The Hall–Kier alpha value is -3.16. The molecule has 8 heteroatoms. The molecular formula is C18H18F2N2O4. The minimum Gasteiger partial charge on any atom is -0.465 e. The van der Waals surface area contributed by atoms with Crippen molar-refractivity contribution >= 4 is 23.3 Å². The lowest BCUT2D eigenvalue weighted by Crippen LogP contribution is -2.22. The van der Waals surface area contributed by atoms with Gasteiger partial charge in [-0.05, 0) is 55.0 Å². The molecule has 0 radical (unpaired) electrons. The summed E-state index contributed by atoms with van der Waals surface area (Å²) in [6.07, 6.45) is 0. The van der Waals surface area contributed by atoms with Crippen LogP contribution in [0.15, 0.2) is 42.5 Å². The molecule has 138 valence electrons. The Morgan fingerprint density at radius 3 is 2.38 bits per heavy atom. The molecule has 0 aliphatic carbocycles. The third-order valence-electron chi connectivity index (χ3n) is 3.45. The molecule has 0 aliphatic rings. The maximum Gasteiger partial charge on any atom is 0.387 e. The minimum absolute atomic E-state index is 0.00625. The van der Waals surface area contributed by atoms with E-state index < -0.39 is 12.6 Å². The molecule has 0 heterocycles. The van der Waals surface area contributed by atoms with Crippen LogP contribution in [0.25, 0.3) is 0 Å². The number of hydrogen-bond acceptors (Lipinski definition) is 5. The standard InChI is InChI=1S/C18H18F2N2O4/c1-11-9-12(17(24)25-2)3-8-15(11)21-10-16(23)22-13-4-6-14(7-5-13)26-18(19)20/h3-9,18,21H,10H2,1-2H3,(H,22,23). The fourth-order valence-electron chi connectivity index (χ4n) is 2.21. The maximum absolute atomic E-state index is 12.1. The molecule has 0 bridgehead atoms. The van der Waals surface area contributed by atoms with Crippen LogP contribution in [0.1, 0.15) is 15.9 Å². The number of carbonyl (C=O) groups excluding carboxylic acids is 2. The van der Waals surface area contributed by atoms with E-state index in [2.05, 4.69) is 20.1 Å². The quantitative estimate of drug-likeness (QED) is 0.736. The Morgan fingerprint density at radius 1 is 1.12 bits per heavy atom. The fourth-order valence-corrected chi connectivity index (χ4v) is 2.21. The van der Waals surface area contributed by atoms with Gasteiger partial charge in [-0.1, -0.05) is 0 Å². The summed E-state index contributed by atoms with van der Waals surface area (Å²) in [7, 11) is 1.31. The van der Waals surface area contributed by atoms with Gasteiger partial charge in [0.1, 0.15) is 5.75 Å². The Labute approximate surface area is 149 Å². The van der Waals surface area contributed by atoms with E-state index in [1.165, 1.54) is 31.4 Å². The van der Waals surface area contributed by atoms with Crippen LogP contribution in [0.3, 0.4) is 0 Å². The summed E-state index contributed by atoms with van der Waals surface area (Å²) in [5.74, 6) is -0.738. The average Bonchev–Trinajstić information content (AvgIpc) is 2.61. The zero-order chi connectivity index (χ0) is 19.1. The fraction of sp³-hybridized carbons (Fsp3) is 0.222. The lowest BCUT2D eigenvalue weighted by Gasteiger charge is -2.11. The van der Waals surface area contributed by atoms with Gasteiger partial charge >= 0.3 is 12.6 Å². The summed E-state index contributed by atoms with van der Waals surface area (Å²) in [4.78, 5) is 23.5. The van der Waals surface area contributed by atoms with Crippen molar-refractivity contribution in [3.63, 3.8) is 0 Å². The van der Waals surface area contributed by atoms with Crippen molar-refractivity contribution in [2.45, 2.75) is 13.5 Å². The number of halogens is 2. The van der Waals surface area contributed by atoms with Crippen LogP contribution >= 0.6 is 0 Å². The van der Waals surface area contributed by atoms with Gasteiger partial charge in [0.25, 0.3) is 0 Å². The van der Waals surface area contributed by atoms with E-state index in [1.807, 2.05) is 0 Å². The lowest BCUT2D eigenvalue weighted by atomic mass is 10.1. The van der Waals surface area contributed by atoms with Crippen molar-refractivity contribution in [3.05, 3.63) is 53.6 Å². The van der Waals surface area contributed by atoms with Crippen LogP contribution in [0.4, 0.5) is 20.2 Å². The van der Waals surface area contributed by atoms with Gasteiger partial charge in [0.2, 0.25) is 5.91 Å². The van der Waals surface area contributed by atoms with E-state index in [0.717, 1.165) is 5.56 Å². The molecule has 2 N–H and O–H groups in total. The van der Waals surface area contributed by atoms with E-state index in [1.54, 1.807) is 25.1 Å². The van der Waals surface area contributed by atoms with Gasteiger partial charge in [0.05, 0.1) is 19.2 Å². The zero-order valence-electron chi connectivity index (χ0n) is 14.2. The molecule has 0 aromatic heterocycles. The smallest absolute Gasteiger partial charge is 0.387 e. The normalized spacial score (nSPS) is 10.3. The van der Waals surface area contributed by atoms with Crippen molar-refractivity contribution in [3.8, 4) is 5.75 Å². The summed E-state index contributed by atoms with van der Waals surface area (Å²) < 4.78 is 33.1. The summed E-state index contributed by atoms with van der Waals surface area (Å²) in [5.41, 5.74) is 2.37. The largest absolute Gasteiger partial charge is 0.465 e. The molecule has 6 nitrogen and oxygen atoms in total. The van der Waals surface area contributed by atoms with Crippen molar-refractivity contribution in [1.29, 1.82) is 0 Å². The van der Waals surface area contributed by atoms with Gasteiger partial charge in [0.15, 0.2) is 0 Å². The molecule has 2 aromatic carbocycles. The van der Waals surface area contributed by atoms with Crippen LogP contribution in [0.5, 0.6) is 5.75 Å². The number of alkyl halides is 2. The van der Waals surface area contributed by atoms with E-state index in [-0.39, 0.29) is 18.2 Å². The van der Waals surface area contributed by atoms with Crippen molar-refractivity contribution in [2.24, 2.45) is 0 Å². The molecule has 0 unspecified atom stereocenters. The average molecular weight is 364 g/mol. The number of aryl methyl sites for hydroxylation is 1. The predicted molar refractivity (Wildman–Crippen MR) is 92.7 cm³/mol. The first-order chi connectivity index (χ1) is 12.4. The highest BCUT2D eigenvalue weighted by molar-refractivity contribution is 5.94. The van der Waals surface area contributed by atoms with Gasteiger partial charge in [-0.3, -0.25) is 4.79 Å². The molecular weight excluding hydrogens is 346 g/mol. The van der Waals surface area contributed by atoms with Crippen molar-refractivity contribution in [2.75, 3.05) is 24.3 Å². The van der Waals surface area contributed by atoms with E-state index >= 15 is 0 Å². The number of amides is 1. The monoisotopic (exact) mass is 364 g/mol. The number of ether oxygens (including phenoxy) is 2. The highest BCUT2D eigenvalue weighted by Gasteiger charge is 2.09. The van der Waals surface area contributed by atoms with Crippen LogP contribution in [-0.4, -0.2) is 32.1 Å². The highest BCUT2D eigenvalue weighted by atomic mass is 19.3. The predicted octanol–water partition coefficient (Wildman–Crippen LogP) is 3.43. The Morgan fingerprint density at radius 2 is 1.81 bits per heavy atom. The van der Waals surface area contributed by atoms with Gasteiger partial charge in [0, 0.05) is 11.4 Å². The number of rotatable bonds is 7. The number of carbonyl (C=O) groups is 2. The topological polar surface area (TPSA) is 76.7 Å². The highest BCUT2D eigenvalue weighted by Crippen LogP contribution is 2.19. The van der Waals surface area contributed by atoms with Crippen LogP contribution in [0, 0.1) is 6.92 Å². The molecule has 1 amide bonds. The Kier molecular flexibility index (Phi) is 6.48. The molecule has 2 aromatic rings. The van der Waals surface area contributed by atoms with E-state index in [0.29, 0.717) is 16.9 Å². The van der Waals surface area contributed by atoms with Gasteiger partial charge in [-0.2, -0.15) is 8.78 Å². The maximum atomic E-state index is 12.1. The summed E-state index contributed by atoms with van der Waals surface area (Å²) in [5, 5.41) is 5.60. The second kappa shape index (κ2) is 8.80. The third-order valence-corrected chi connectivity index (χ3v) is 3.45. The number of hydrogen-bond donors (Lipinski definition) is 2. The number of esters is 1. The Balaban J connectivity index is 1.89. The number of anilines is 2. The van der Waals surface area contributed by atoms with E-state index in [9.17, 15) is 18.4 Å². The van der Waals surface area contributed by atoms with Gasteiger partial charge < -0.3 is 20.1 Å². The molecule has 0 spiro atoms. The first-order valence-electron chi connectivity index (χ1n) is 7.66. The van der Waals surface area contributed by atoms with Gasteiger partial charge in [-0.25, -0.2) is 4.79 Å². The summed E-state index contributed by atoms with van der Waals surface area (Å²) in [6.45, 7) is -1.10. The number of methoxy groups -OCH3 is 1. The molecule has 0 aliphatic heterocycles. The summed E-state index contributed by atoms with van der Waals surface area (Å²) in [6, 6.07) is 10.5. The number of nitrogens with one attached hydrogen (secondary N) is 2. The second-order valence-electron chi connectivity index (χ2n) is 5.33. The van der Waals surface area contributed by atoms with Gasteiger partial charge in [-0.15, -0.1) is 0 Å². The first kappa shape index (κ1) is 19.2.